The van der Waals surface area contributed by atoms with Gasteiger partial charge in [-0.1, -0.05) is 26.9 Å². The quantitative estimate of drug-likeness (QED) is 0.671. The number of hydrogen-bond acceptors (Lipinski definition) is 2. The number of rotatable bonds is 2. The molecule has 0 aliphatic carbocycles. The van der Waals surface area contributed by atoms with Crippen molar-refractivity contribution in [3.8, 4) is 11.1 Å². The summed E-state index contributed by atoms with van der Waals surface area (Å²) in [7, 11) is 1.45. The van der Waals surface area contributed by atoms with Crippen LogP contribution in [0.5, 0.6) is 0 Å². The number of halogens is 3. The molecule has 0 amide bonds. The summed E-state index contributed by atoms with van der Waals surface area (Å²) in [6, 6.07) is 7.81. The number of hydrogen-bond donors (Lipinski definition) is 1. The van der Waals surface area contributed by atoms with Gasteiger partial charge in [-0.25, -0.2) is 0 Å². The molecule has 2 nitrogen and oxygen atoms in total. The van der Waals surface area contributed by atoms with E-state index in [1.807, 2.05) is 0 Å². The summed E-state index contributed by atoms with van der Waals surface area (Å²) < 4.78 is 26.0. The van der Waals surface area contributed by atoms with Crippen molar-refractivity contribution in [2.24, 2.45) is 0 Å². The molecule has 0 aliphatic rings. The molecular weight excluding hydrogens is 277 g/mol. The zero-order valence-corrected chi connectivity index (χ0v) is 11.1. The van der Waals surface area contributed by atoms with E-state index in [1.165, 1.54) is 21.5 Å². The van der Waals surface area contributed by atoms with Crippen LogP contribution in [0.15, 0.2) is 36.5 Å². The average Bonchev–Trinajstić information content (AvgIpc) is 2.31. The summed E-state index contributed by atoms with van der Waals surface area (Å²) >= 11 is 5.87. The first-order chi connectivity index (χ1) is 8.38. The fraction of sp³-hybridized carbons (Fsp3) is 0.0833. The normalized spacial score (nSPS) is 11.6. The largest absolute Gasteiger partial charge is 0.398 e. The highest BCUT2D eigenvalue weighted by atomic mass is 35.5. The lowest BCUT2D eigenvalue weighted by molar-refractivity contribution is 0.0987. The number of nitrogens with zero attached hydrogens (tertiary/aromatic N) is 1. The molecule has 18 heavy (non-hydrogen) atoms. The summed E-state index contributed by atoms with van der Waals surface area (Å²) in [6.07, 6.45) is 1.36. The third-order valence-corrected chi connectivity index (χ3v) is 2.96. The van der Waals surface area contributed by atoms with Gasteiger partial charge in [0.25, 0.3) is 5.66 Å². The number of aromatic nitrogens is 1. The van der Waals surface area contributed by atoms with Crippen LogP contribution in [0.3, 0.4) is 0 Å². The fourth-order valence-electron chi connectivity index (χ4n) is 1.53. The van der Waals surface area contributed by atoms with Gasteiger partial charge in [-0.05, 0) is 24.3 Å². The molecule has 0 bridgehead atoms. The minimum absolute atomic E-state index is 0.308. The van der Waals surface area contributed by atoms with E-state index in [9.17, 15) is 8.78 Å². The topological polar surface area (TPSA) is 38.9 Å². The van der Waals surface area contributed by atoms with E-state index in [0.29, 0.717) is 21.8 Å². The van der Waals surface area contributed by atoms with Crippen LogP contribution in [0.2, 0.25) is 5.02 Å². The standard InChI is InChI=1S/C12H10ClF2N2P/c13-8-2-3-10(16)9(5-8)7-1-4-11(17-6-7)12(14,15)18/h1-6H,16,18H2. The number of anilines is 1. The summed E-state index contributed by atoms with van der Waals surface area (Å²) in [5, 5.41) is 0.527. The van der Waals surface area contributed by atoms with E-state index >= 15 is 0 Å². The molecule has 6 heteroatoms. The number of benzene rings is 1. The van der Waals surface area contributed by atoms with Crippen molar-refractivity contribution in [3.63, 3.8) is 0 Å². The van der Waals surface area contributed by atoms with Gasteiger partial charge in [-0.3, -0.25) is 4.98 Å². The molecule has 1 aromatic heterocycles. The lowest BCUT2D eigenvalue weighted by Crippen LogP contribution is -2.05. The van der Waals surface area contributed by atoms with Crippen molar-refractivity contribution in [2.75, 3.05) is 5.73 Å². The van der Waals surface area contributed by atoms with Gasteiger partial charge in [-0.2, -0.15) is 8.78 Å². The van der Waals surface area contributed by atoms with Crippen LogP contribution in [0.4, 0.5) is 14.5 Å². The fourth-order valence-corrected chi connectivity index (χ4v) is 1.87. The van der Waals surface area contributed by atoms with Gasteiger partial charge in [0.2, 0.25) is 0 Å². The third-order valence-electron chi connectivity index (χ3n) is 2.43. The second kappa shape index (κ2) is 4.79. The zero-order chi connectivity index (χ0) is 13.3. The summed E-state index contributed by atoms with van der Waals surface area (Å²) in [6.45, 7) is 0. The molecule has 0 aliphatic heterocycles. The van der Waals surface area contributed by atoms with Crippen LogP contribution in [-0.2, 0) is 5.66 Å². The van der Waals surface area contributed by atoms with Crippen LogP contribution in [0.25, 0.3) is 11.1 Å². The Balaban J connectivity index is 2.43. The molecule has 1 unspecified atom stereocenters. The van der Waals surface area contributed by atoms with Gasteiger partial charge >= 0.3 is 0 Å². The van der Waals surface area contributed by atoms with Crippen LogP contribution >= 0.6 is 20.8 Å². The first-order valence-electron chi connectivity index (χ1n) is 5.06. The van der Waals surface area contributed by atoms with Crippen LogP contribution in [-0.4, -0.2) is 4.98 Å². The Morgan fingerprint density at radius 1 is 1.22 bits per heavy atom. The van der Waals surface area contributed by atoms with Crippen LogP contribution in [0.1, 0.15) is 5.69 Å². The molecule has 0 radical (unpaired) electrons. The molecule has 2 N–H and O–H groups in total. The van der Waals surface area contributed by atoms with Crippen molar-refractivity contribution in [1.29, 1.82) is 0 Å². The van der Waals surface area contributed by atoms with Gasteiger partial charge < -0.3 is 5.73 Å². The van der Waals surface area contributed by atoms with E-state index in [-0.39, 0.29) is 5.69 Å². The SMILES string of the molecule is Nc1ccc(Cl)cc1-c1ccc(C(F)(F)P)nc1. The lowest BCUT2D eigenvalue weighted by atomic mass is 10.1. The minimum Gasteiger partial charge on any atom is -0.398 e. The molecular formula is C12H10ClF2N2P. The minimum atomic E-state index is -3.03. The molecule has 1 atom stereocenters. The highest BCUT2D eigenvalue weighted by Gasteiger charge is 2.25. The summed E-state index contributed by atoms with van der Waals surface area (Å²) in [5.41, 5.74) is 4.31. The molecule has 94 valence electrons. The highest BCUT2D eigenvalue weighted by Crippen LogP contribution is 2.35. The third kappa shape index (κ3) is 2.77. The highest BCUT2D eigenvalue weighted by molar-refractivity contribution is 7.17. The first-order valence-corrected chi connectivity index (χ1v) is 6.02. The van der Waals surface area contributed by atoms with Gasteiger partial charge in [0, 0.05) is 28.0 Å². The maximum Gasteiger partial charge on any atom is 0.300 e. The van der Waals surface area contributed by atoms with E-state index in [0.717, 1.165) is 0 Å². The Bertz CT molecular complexity index is 567. The van der Waals surface area contributed by atoms with Crippen molar-refractivity contribution in [3.05, 3.63) is 47.2 Å². The maximum absolute atomic E-state index is 13.0. The molecule has 0 spiro atoms. The van der Waals surface area contributed by atoms with E-state index in [4.69, 9.17) is 17.3 Å². The Morgan fingerprint density at radius 2 is 1.94 bits per heavy atom. The monoisotopic (exact) mass is 286 g/mol. The maximum atomic E-state index is 13.0. The Kier molecular flexibility index (Phi) is 3.51. The number of nitrogens with two attached hydrogens (primary N) is 1. The summed E-state index contributed by atoms with van der Waals surface area (Å²) in [5.74, 6) is 0. The van der Waals surface area contributed by atoms with Crippen LogP contribution < -0.4 is 5.73 Å². The van der Waals surface area contributed by atoms with Crippen molar-refractivity contribution in [1.82, 2.24) is 4.98 Å². The second-order valence-electron chi connectivity index (χ2n) is 3.79. The number of pyridine rings is 1. The molecule has 1 heterocycles. The molecule has 0 saturated carbocycles. The average molecular weight is 287 g/mol. The lowest BCUT2D eigenvalue weighted by Gasteiger charge is -2.11. The predicted molar refractivity (Wildman–Crippen MR) is 72.7 cm³/mol. The molecule has 2 aromatic rings. The zero-order valence-electron chi connectivity index (χ0n) is 9.20. The van der Waals surface area contributed by atoms with Crippen molar-refractivity contribution >= 4 is 26.5 Å². The predicted octanol–water partition coefficient (Wildman–Crippen LogP) is 3.91. The first kappa shape index (κ1) is 13.2. The molecule has 1 aromatic carbocycles. The Labute approximate surface area is 110 Å². The Morgan fingerprint density at radius 3 is 2.50 bits per heavy atom. The van der Waals surface area contributed by atoms with Crippen LogP contribution in [0, 0.1) is 0 Å². The van der Waals surface area contributed by atoms with Gasteiger partial charge in [0.1, 0.15) is 5.69 Å². The number of alkyl halides is 2. The van der Waals surface area contributed by atoms with Gasteiger partial charge in [-0.15, -0.1) is 0 Å². The smallest absolute Gasteiger partial charge is 0.300 e. The Hall–Kier alpha value is -1.25. The van der Waals surface area contributed by atoms with E-state index in [1.54, 1.807) is 24.3 Å². The van der Waals surface area contributed by atoms with E-state index < -0.39 is 5.66 Å². The van der Waals surface area contributed by atoms with Crippen molar-refractivity contribution in [2.45, 2.75) is 5.66 Å². The summed E-state index contributed by atoms with van der Waals surface area (Å²) in [4.78, 5) is 3.73. The van der Waals surface area contributed by atoms with Crippen molar-refractivity contribution < 1.29 is 8.78 Å². The molecule has 0 fully saturated rings. The van der Waals surface area contributed by atoms with Gasteiger partial charge in [0.15, 0.2) is 0 Å². The number of nitrogen functional groups attached to an aromatic ring is 1. The van der Waals surface area contributed by atoms with E-state index in [2.05, 4.69) is 4.98 Å². The second-order valence-corrected chi connectivity index (χ2v) is 4.95. The molecule has 2 rings (SSSR count). The molecule has 0 saturated heterocycles. The van der Waals surface area contributed by atoms with Gasteiger partial charge in [0.05, 0.1) is 0 Å².